The van der Waals surface area contributed by atoms with Crippen LogP contribution in [0.4, 0.5) is 5.69 Å². The normalized spacial score (nSPS) is 10.4. The first kappa shape index (κ1) is 14.2. The van der Waals surface area contributed by atoms with Crippen molar-refractivity contribution < 1.29 is 10.0 Å². The molecule has 19 heavy (non-hydrogen) atoms. The number of benzene rings is 2. The van der Waals surface area contributed by atoms with Gasteiger partial charge in [0.05, 0.1) is 15.9 Å². The number of hydrogen-bond donors (Lipinski definition) is 1. The smallest absolute Gasteiger partial charge is 0.286 e. The summed E-state index contributed by atoms with van der Waals surface area (Å²) in [6.45, 7) is 0. The van der Waals surface area contributed by atoms with Crippen molar-refractivity contribution in [1.82, 2.24) is 0 Å². The van der Waals surface area contributed by atoms with Gasteiger partial charge in [-0.15, -0.1) is 0 Å². The Balaban J connectivity index is 2.40. The van der Waals surface area contributed by atoms with Gasteiger partial charge in [-0.05, 0) is 46.3 Å². The summed E-state index contributed by atoms with van der Waals surface area (Å²) >= 11 is 10.4. The van der Waals surface area contributed by atoms with E-state index in [1.807, 2.05) is 0 Å². The van der Waals surface area contributed by atoms with E-state index in [4.69, 9.17) is 11.6 Å². The predicted octanol–water partition coefficient (Wildman–Crippen LogP) is 4.87. The molecule has 0 amide bonds. The van der Waals surface area contributed by atoms with Crippen molar-refractivity contribution in [2.24, 2.45) is 0 Å². The lowest BCUT2D eigenvalue weighted by atomic mass is 10.3. The molecule has 0 unspecified atom stereocenters. The first-order chi connectivity index (χ1) is 8.97. The lowest BCUT2D eigenvalue weighted by molar-refractivity contribution is -0.387. The van der Waals surface area contributed by atoms with Crippen molar-refractivity contribution >= 4 is 45.0 Å². The maximum absolute atomic E-state index is 11.0. The minimum Gasteiger partial charge on any atom is -0.508 e. The third-order valence-corrected chi connectivity index (χ3v) is 4.55. The Bertz CT molecular complexity index is 651. The molecule has 0 saturated heterocycles. The Morgan fingerprint density at radius 1 is 1.21 bits per heavy atom. The summed E-state index contributed by atoms with van der Waals surface area (Å²) in [5.41, 5.74) is -0.133. The van der Waals surface area contributed by atoms with Gasteiger partial charge in [-0.1, -0.05) is 23.4 Å². The molecule has 0 heterocycles. The van der Waals surface area contributed by atoms with Crippen LogP contribution in [0.15, 0.2) is 50.7 Å². The van der Waals surface area contributed by atoms with Gasteiger partial charge in [0.2, 0.25) is 0 Å². The largest absolute Gasteiger partial charge is 0.508 e. The van der Waals surface area contributed by atoms with E-state index in [0.717, 1.165) is 15.4 Å². The van der Waals surface area contributed by atoms with Gasteiger partial charge in [0.25, 0.3) is 5.69 Å². The number of phenolic OH excluding ortho intramolecular Hbond substituents is 1. The molecule has 0 radical (unpaired) electrons. The van der Waals surface area contributed by atoms with Crippen molar-refractivity contribution in [3.05, 3.63) is 56.0 Å². The monoisotopic (exact) mass is 359 g/mol. The highest BCUT2D eigenvalue weighted by Gasteiger charge is 2.16. The van der Waals surface area contributed by atoms with Crippen LogP contribution < -0.4 is 0 Å². The molecule has 0 aliphatic carbocycles. The number of hydrogen-bond acceptors (Lipinski definition) is 4. The van der Waals surface area contributed by atoms with Crippen LogP contribution in [-0.2, 0) is 0 Å². The summed E-state index contributed by atoms with van der Waals surface area (Å²) in [5, 5.41) is 20.8. The van der Waals surface area contributed by atoms with E-state index in [-0.39, 0.29) is 11.4 Å². The number of nitro groups is 1. The Labute approximate surface area is 126 Å². The molecule has 0 fully saturated rings. The third kappa shape index (κ3) is 3.40. The molecule has 0 aromatic heterocycles. The van der Waals surface area contributed by atoms with Crippen LogP contribution in [0.3, 0.4) is 0 Å². The van der Waals surface area contributed by atoms with E-state index in [9.17, 15) is 15.2 Å². The minimum atomic E-state index is -0.522. The van der Waals surface area contributed by atoms with E-state index in [1.165, 1.54) is 23.9 Å². The maximum atomic E-state index is 11.0. The molecule has 0 atom stereocenters. The van der Waals surface area contributed by atoms with Crippen molar-refractivity contribution in [3.63, 3.8) is 0 Å². The molecule has 2 rings (SSSR count). The fraction of sp³-hybridized carbons (Fsp3) is 0. The number of halogens is 2. The quantitative estimate of drug-likeness (QED) is 0.626. The van der Waals surface area contributed by atoms with Crippen LogP contribution in [0.2, 0.25) is 5.02 Å². The fourth-order valence-corrected chi connectivity index (χ4v) is 3.24. The fourth-order valence-electron chi connectivity index (χ4n) is 1.41. The Hall–Kier alpha value is -1.24. The lowest BCUT2D eigenvalue weighted by Crippen LogP contribution is -1.90. The number of phenols is 1. The van der Waals surface area contributed by atoms with Crippen molar-refractivity contribution in [2.45, 2.75) is 9.79 Å². The Kier molecular flexibility index (Phi) is 4.34. The minimum absolute atomic E-state index is 0.133. The van der Waals surface area contributed by atoms with E-state index < -0.39 is 4.92 Å². The van der Waals surface area contributed by atoms with Crippen LogP contribution in [0.25, 0.3) is 0 Å². The van der Waals surface area contributed by atoms with Crippen LogP contribution in [0.1, 0.15) is 0 Å². The first-order valence-electron chi connectivity index (χ1n) is 5.07. The summed E-state index contributed by atoms with van der Waals surface area (Å²) in [5.74, 6) is -0.133. The van der Waals surface area contributed by atoms with Crippen LogP contribution in [-0.4, -0.2) is 10.0 Å². The predicted molar refractivity (Wildman–Crippen MR) is 78.0 cm³/mol. The van der Waals surface area contributed by atoms with Gasteiger partial charge in [0, 0.05) is 14.4 Å². The molecule has 0 aliphatic rings. The number of nitrogens with zero attached hydrogens (tertiary/aromatic N) is 1. The standard InChI is InChI=1S/C12H7BrClNO3S/c13-9-5-7(14)1-3-11(9)19-12-4-2-8(16)6-10(12)15(17)18/h1-6,16H. The highest BCUT2D eigenvalue weighted by Crippen LogP contribution is 2.40. The van der Waals surface area contributed by atoms with Crippen molar-refractivity contribution in [3.8, 4) is 5.75 Å². The van der Waals surface area contributed by atoms with E-state index in [1.54, 1.807) is 18.2 Å². The SMILES string of the molecule is O=[N+]([O-])c1cc(O)ccc1Sc1ccc(Cl)cc1Br. The maximum Gasteiger partial charge on any atom is 0.286 e. The molecule has 0 saturated carbocycles. The summed E-state index contributed by atoms with van der Waals surface area (Å²) in [4.78, 5) is 11.7. The summed E-state index contributed by atoms with van der Waals surface area (Å²) in [6, 6.07) is 9.26. The summed E-state index contributed by atoms with van der Waals surface area (Å²) < 4.78 is 0.757. The highest BCUT2D eigenvalue weighted by atomic mass is 79.9. The molecule has 1 N–H and O–H groups in total. The second kappa shape index (κ2) is 5.81. The van der Waals surface area contributed by atoms with Gasteiger partial charge in [0.15, 0.2) is 0 Å². The third-order valence-electron chi connectivity index (χ3n) is 2.25. The van der Waals surface area contributed by atoms with Gasteiger partial charge >= 0.3 is 0 Å². The number of nitro benzene ring substituents is 1. The van der Waals surface area contributed by atoms with E-state index in [2.05, 4.69) is 15.9 Å². The van der Waals surface area contributed by atoms with Crippen LogP contribution in [0, 0.1) is 10.1 Å². The molecular weight excluding hydrogens is 354 g/mol. The molecule has 2 aromatic carbocycles. The zero-order valence-corrected chi connectivity index (χ0v) is 12.5. The summed E-state index contributed by atoms with van der Waals surface area (Å²) in [6.07, 6.45) is 0. The van der Waals surface area contributed by atoms with Gasteiger partial charge in [-0.3, -0.25) is 10.1 Å². The average molecular weight is 361 g/mol. The number of rotatable bonds is 3. The number of aromatic hydroxyl groups is 1. The van der Waals surface area contributed by atoms with Gasteiger partial charge in [-0.25, -0.2) is 0 Å². The summed E-state index contributed by atoms with van der Waals surface area (Å²) in [7, 11) is 0. The lowest BCUT2D eigenvalue weighted by Gasteiger charge is -2.06. The molecule has 0 bridgehead atoms. The van der Waals surface area contributed by atoms with Gasteiger partial charge < -0.3 is 5.11 Å². The van der Waals surface area contributed by atoms with E-state index in [0.29, 0.717) is 9.92 Å². The van der Waals surface area contributed by atoms with Crippen molar-refractivity contribution in [2.75, 3.05) is 0 Å². The van der Waals surface area contributed by atoms with Gasteiger partial charge in [0.1, 0.15) is 5.75 Å². The zero-order chi connectivity index (χ0) is 14.0. The average Bonchev–Trinajstić information content (AvgIpc) is 2.34. The molecule has 2 aromatic rings. The Morgan fingerprint density at radius 2 is 1.89 bits per heavy atom. The topological polar surface area (TPSA) is 63.4 Å². The second-order valence-electron chi connectivity index (χ2n) is 3.59. The molecule has 4 nitrogen and oxygen atoms in total. The molecule has 7 heteroatoms. The second-order valence-corrected chi connectivity index (χ2v) is 5.96. The van der Waals surface area contributed by atoms with Crippen LogP contribution >= 0.6 is 39.3 Å². The van der Waals surface area contributed by atoms with E-state index >= 15 is 0 Å². The zero-order valence-electron chi connectivity index (χ0n) is 9.34. The Morgan fingerprint density at radius 3 is 2.53 bits per heavy atom. The molecule has 0 aliphatic heterocycles. The molecule has 98 valence electrons. The first-order valence-corrected chi connectivity index (χ1v) is 7.06. The van der Waals surface area contributed by atoms with Crippen LogP contribution in [0.5, 0.6) is 5.75 Å². The molecular formula is C12H7BrClNO3S. The van der Waals surface area contributed by atoms with Gasteiger partial charge in [-0.2, -0.15) is 0 Å². The van der Waals surface area contributed by atoms with Crippen molar-refractivity contribution in [1.29, 1.82) is 0 Å². The molecule has 0 spiro atoms. The highest BCUT2D eigenvalue weighted by molar-refractivity contribution is 9.10.